The minimum absolute atomic E-state index is 0.0401. The lowest BCUT2D eigenvalue weighted by atomic mass is 10.2. The first kappa shape index (κ1) is 21.9. The fraction of sp³-hybridized carbons (Fsp3) is 0.450. The highest BCUT2D eigenvalue weighted by Gasteiger charge is 2.27. The molecule has 2 aliphatic rings. The van der Waals surface area contributed by atoms with Crippen molar-refractivity contribution in [1.82, 2.24) is 9.29 Å². The maximum absolute atomic E-state index is 12.9. The summed E-state index contributed by atoms with van der Waals surface area (Å²) in [6.07, 6.45) is 1.38. The standard InChI is InChI=1S/C20H24N4O5S2/c1-14-4-5-16(31(27,28)23-7-9-29-10-8-23)12-17(14)22-18(25)11-15-13-30-20(21-15)24-6-2-3-19(24)26/h4-5,12-13H,2-3,6-11H2,1H3,(H,22,25). The quantitative estimate of drug-likeness (QED) is 0.698. The van der Waals surface area contributed by atoms with Crippen LogP contribution in [0.25, 0.3) is 0 Å². The molecule has 31 heavy (non-hydrogen) atoms. The number of aromatic nitrogens is 1. The Morgan fingerprint density at radius 1 is 1.26 bits per heavy atom. The van der Waals surface area contributed by atoms with Crippen LogP contribution < -0.4 is 10.2 Å². The number of ether oxygens (including phenoxy) is 1. The number of hydrogen-bond acceptors (Lipinski definition) is 7. The first-order chi connectivity index (χ1) is 14.8. The van der Waals surface area contributed by atoms with Crippen molar-refractivity contribution in [3.63, 3.8) is 0 Å². The number of rotatable bonds is 6. The highest BCUT2D eigenvalue weighted by atomic mass is 32.2. The van der Waals surface area contributed by atoms with E-state index in [0.717, 1.165) is 12.0 Å². The van der Waals surface area contributed by atoms with E-state index in [2.05, 4.69) is 10.3 Å². The molecule has 0 spiro atoms. The number of thiazole rings is 1. The number of aryl methyl sites for hydroxylation is 1. The van der Waals surface area contributed by atoms with Gasteiger partial charge in [-0.15, -0.1) is 11.3 Å². The topological polar surface area (TPSA) is 109 Å². The molecule has 2 fully saturated rings. The van der Waals surface area contributed by atoms with Crippen molar-refractivity contribution in [2.24, 2.45) is 0 Å². The van der Waals surface area contributed by atoms with Gasteiger partial charge in [-0.25, -0.2) is 13.4 Å². The van der Waals surface area contributed by atoms with Crippen molar-refractivity contribution < 1.29 is 22.7 Å². The van der Waals surface area contributed by atoms with Crippen LogP contribution >= 0.6 is 11.3 Å². The molecule has 2 aliphatic heterocycles. The van der Waals surface area contributed by atoms with Crippen molar-refractivity contribution >= 4 is 44.0 Å². The summed E-state index contributed by atoms with van der Waals surface area (Å²) in [5, 5.41) is 5.18. The molecule has 1 aromatic heterocycles. The zero-order valence-corrected chi connectivity index (χ0v) is 18.8. The number of nitrogens with zero attached hydrogens (tertiary/aromatic N) is 3. The summed E-state index contributed by atoms with van der Waals surface area (Å²) in [6.45, 7) is 3.82. The van der Waals surface area contributed by atoms with Crippen LogP contribution in [-0.2, 0) is 30.8 Å². The monoisotopic (exact) mass is 464 g/mol. The molecule has 2 aromatic rings. The fourth-order valence-electron chi connectivity index (χ4n) is 3.54. The lowest BCUT2D eigenvalue weighted by Gasteiger charge is -2.26. The van der Waals surface area contributed by atoms with Gasteiger partial charge in [0.2, 0.25) is 21.8 Å². The summed E-state index contributed by atoms with van der Waals surface area (Å²) in [5.74, 6) is -0.243. The average Bonchev–Trinajstić information content (AvgIpc) is 3.38. The third-order valence-electron chi connectivity index (χ3n) is 5.28. The number of carbonyl (C=O) groups is 2. The molecular weight excluding hydrogens is 440 g/mol. The Hall–Kier alpha value is -2.34. The second-order valence-electron chi connectivity index (χ2n) is 7.49. The number of morpholine rings is 1. The largest absolute Gasteiger partial charge is 0.379 e. The molecule has 11 heteroatoms. The van der Waals surface area contributed by atoms with Gasteiger partial charge >= 0.3 is 0 Å². The van der Waals surface area contributed by atoms with E-state index < -0.39 is 10.0 Å². The van der Waals surface area contributed by atoms with E-state index in [1.54, 1.807) is 29.3 Å². The van der Waals surface area contributed by atoms with E-state index >= 15 is 0 Å². The van der Waals surface area contributed by atoms with E-state index in [4.69, 9.17) is 4.74 Å². The number of amides is 2. The number of hydrogen-bond donors (Lipinski definition) is 1. The summed E-state index contributed by atoms with van der Waals surface area (Å²) < 4.78 is 32.4. The molecule has 0 aliphatic carbocycles. The van der Waals surface area contributed by atoms with Gasteiger partial charge in [0, 0.05) is 37.1 Å². The highest BCUT2D eigenvalue weighted by molar-refractivity contribution is 7.89. The van der Waals surface area contributed by atoms with Gasteiger partial charge in [0.1, 0.15) is 0 Å². The van der Waals surface area contributed by atoms with Gasteiger partial charge in [-0.3, -0.25) is 14.5 Å². The third-order valence-corrected chi connectivity index (χ3v) is 8.08. The molecule has 0 saturated carbocycles. The van der Waals surface area contributed by atoms with Crippen molar-refractivity contribution in [3.8, 4) is 0 Å². The van der Waals surface area contributed by atoms with Crippen LogP contribution in [0, 0.1) is 6.92 Å². The van der Waals surface area contributed by atoms with Crippen LogP contribution in [0.4, 0.5) is 10.8 Å². The van der Waals surface area contributed by atoms with Gasteiger partial charge in [-0.1, -0.05) is 6.07 Å². The maximum Gasteiger partial charge on any atom is 0.243 e. The summed E-state index contributed by atoms with van der Waals surface area (Å²) in [6, 6.07) is 4.73. The normalized spacial score (nSPS) is 17.8. The molecule has 1 aromatic carbocycles. The summed E-state index contributed by atoms with van der Waals surface area (Å²) in [4.78, 5) is 30.7. The van der Waals surface area contributed by atoms with Gasteiger partial charge in [0.05, 0.1) is 30.2 Å². The first-order valence-corrected chi connectivity index (χ1v) is 12.4. The Morgan fingerprint density at radius 2 is 2.03 bits per heavy atom. The lowest BCUT2D eigenvalue weighted by Crippen LogP contribution is -2.40. The molecule has 9 nitrogen and oxygen atoms in total. The molecule has 2 amide bonds. The molecule has 0 unspecified atom stereocenters. The van der Waals surface area contributed by atoms with Gasteiger partial charge < -0.3 is 10.1 Å². The molecule has 0 radical (unpaired) electrons. The minimum Gasteiger partial charge on any atom is -0.379 e. The Labute approximate surface area is 185 Å². The molecule has 1 N–H and O–H groups in total. The van der Waals surface area contributed by atoms with Crippen LogP contribution in [0.3, 0.4) is 0 Å². The molecule has 2 saturated heterocycles. The number of sulfonamides is 1. The highest BCUT2D eigenvalue weighted by Crippen LogP contribution is 2.26. The summed E-state index contributed by atoms with van der Waals surface area (Å²) in [5.41, 5.74) is 1.78. The molecular formula is C20H24N4O5S2. The summed E-state index contributed by atoms with van der Waals surface area (Å²) in [7, 11) is -3.65. The Balaban J connectivity index is 1.45. The number of carbonyl (C=O) groups excluding carboxylic acids is 2. The second-order valence-corrected chi connectivity index (χ2v) is 10.3. The predicted octanol–water partition coefficient (Wildman–Crippen LogP) is 1.78. The number of nitrogens with one attached hydrogen (secondary N) is 1. The maximum atomic E-state index is 12.9. The molecule has 0 atom stereocenters. The van der Waals surface area contributed by atoms with E-state index in [1.807, 2.05) is 0 Å². The Morgan fingerprint density at radius 3 is 2.74 bits per heavy atom. The number of benzene rings is 1. The predicted molar refractivity (Wildman–Crippen MR) is 117 cm³/mol. The number of anilines is 2. The molecule has 4 rings (SSSR count). The average molecular weight is 465 g/mol. The molecule has 0 bridgehead atoms. The van der Waals surface area contributed by atoms with Gasteiger partial charge in [0.15, 0.2) is 5.13 Å². The third kappa shape index (κ3) is 4.79. The SMILES string of the molecule is Cc1ccc(S(=O)(=O)N2CCOCC2)cc1NC(=O)Cc1csc(N2CCCC2=O)n1. The van der Waals surface area contributed by atoms with Gasteiger partial charge in [0.25, 0.3) is 0 Å². The zero-order chi connectivity index (χ0) is 22.0. The van der Waals surface area contributed by atoms with E-state index in [1.165, 1.54) is 21.7 Å². The molecule has 3 heterocycles. The van der Waals surface area contributed by atoms with Crippen LogP contribution in [0.15, 0.2) is 28.5 Å². The van der Waals surface area contributed by atoms with Gasteiger partial charge in [-0.2, -0.15) is 4.31 Å². The second kappa shape index (κ2) is 9.03. The molecule has 166 valence electrons. The summed E-state index contributed by atoms with van der Waals surface area (Å²) >= 11 is 1.34. The lowest BCUT2D eigenvalue weighted by molar-refractivity contribution is -0.117. The Bertz CT molecular complexity index is 1090. The van der Waals surface area contributed by atoms with Crippen molar-refractivity contribution in [2.45, 2.75) is 31.1 Å². The van der Waals surface area contributed by atoms with Gasteiger partial charge in [-0.05, 0) is 31.0 Å². The first-order valence-electron chi connectivity index (χ1n) is 10.1. The van der Waals surface area contributed by atoms with Crippen molar-refractivity contribution in [2.75, 3.05) is 43.1 Å². The smallest absolute Gasteiger partial charge is 0.243 e. The van der Waals surface area contributed by atoms with E-state index in [-0.39, 0.29) is 23.1 Å². The minimum atomic E-state index is -3.65. The van der Waals surface area contributed by atoms with Crippen LogP contribution in [0.1, 0.15) is 24.1 Å². The van der Waals surface area contributed by atoms with Crippen molar-refractivity contribution in [3.05, 3.63) is 34.8 Å². The van der Waals surface area contributed by atoms with E-state index in [0.29, 0.717) is 55.8 Å². The van der Waals surface area contributed by atoms with Crippen LogP contribution in [0.2, 0.25) is 0 Å². The fourth-order valence-corrected chi connectivity index (χ4v) is 5.85. The zero-order valence-electron chi connectivity index (χ0n) is 17.2. The van der Waals surface area contributed by atoms with Crippen LogP contribution in [0.5, 0.6) is 0 Å². The van der Waals surface area contributed by atoms with Crippen LogP contribution in [-0.4, -0.2) is 62.4 Å². The Kier molecular flexibility index (Phi) is 6.37. The van der Waals surface area contributed by atoms with Crippen molar-refractivity contribution in [1.29, 1.82) is 0 Å². The van der Waals surface area contributed by atoms with E-state index in [9.17, 15) is 18.0 Å².